The van der Waals surface area contributed by atoms with Crippen LogP contribution in [0.5, 0.6) is 0 Å². The van der Waals surface area contributed by atoms with E-state index in [-0.39, 0.29) is 5.60 Å². The summed E-state index contributed by atoms with van der Waals surface area (Å²) in [5.41, 5.74) is 6.78. The Bertz CT molecular complexity index is 219. The SMILES string of the molecule is NC1C2(CC2)COC12CCNCC2. The number of nitrogens with two attached hydrogens (primary N) is 1. The molecule has 2 saturated heterocycles. The maximum absolute atomic E-state index is 6.33. The van der Waals surface area contributed by atoms with Gasteiger partial charge in [-0.05, 0) is 38.8 Å². The Morgan fingerprint density at radius 3 is 2.38 bits per heavy atom. The molecule has 0 bridgehead atoms. The van der Waals surface area contributed by atoms with Gasteiger partial charge in [-0.3, -0.25) is 0 Å². The van der Waals surface area contributed by atoms with E-state index in [2.05, 4.69) is 5.32 Å². The van der Waals surface area contributed by atoms with E-state index in [9.17, 15) is 0 Å². The molecular formula is C10H18N2O. The van der Waals surface area contributed by atoms with E-state index in [4.69, 9.17) is 10.5 Å². The second-order valence-electron chi connectivity index (χ2n) is 4.94. The van der Waals surface area contributed by atoms with Gasteiger partial charge < -0.3 is 15.8 Å². The summed E-state index contributed by atoms with van der Waals surface area (Å²) in [6.07, 6.45) is 4.80. The molecule has 74 valence electrons. The molecule has 2 aliphatic heterocycles. The Morgan fingerprint density at radius 1 is 1.15 bits per heavy atom. The zero-order valence-electron chi connectivity index (χ0n) is 8.01. The highest BCUT2D eigenvalue weighted by Gasteiger charge is 2.62. The summed E-state index contributed by atoms with van der Waals surface area (Å²) in [4.78, 5) is 0. The number of hydrogen-bond acceptors (Lipinski definition) is 3. The third-order valence-electron chi connectivity index (χ3n) is 4.22. The molecule has 3 rings (SSSR count). The average molecular weight is 182 g/mol. The van der Waals surface area contributed by atoms with Gasteiger partial charge >= 0.3 is 0 Å². The van der Waals surface area contributed by atoms with Crippen LogP contribution in [0, 0.1) is 5.41 Å². The van der Waals surface area contributed by atoms with E-state index in [1.807, 2.05) is 0 Å². The van der Waals surface area contributed by atoms with Crippen molar-refractivity contribution in [2.75, 3.05) is 19.7 Å². The summed E-state index contributed by atoms with van der Waals surface area (Å²) in [5.74, 6) is 0. The second-order valence-corrected chi connectivity index (χ2v) is 4.94. The highest BCUT2D eigenvalue weighted by atomic mass is 16.5. The van der Waals surface area contributed by atoms with Crippen molar-refractivity contribution in [3.63, 3.8) is 0 Å². The summed E-state index contributed by atoms with van der Waals surface area (Å²) in [6, 6.07) is 0.307. The topological polar surface area (TPSA) is 47.3 Å². The molecule has 3 nitrogen and oxygen atoms in total. The lowest BCUT2D eigenvalue weighted by atomic mass is 9.80. The zero-order chi connectivity index (χ0) is 8.94. The van der Waals surface area contributed by atoms with Crippen molar-refractivity contribution in [2.24, 2.45) is 11.1 Å². The van der Waals surface area contributed by atoms with E-state index < -0.39 is 0 Å². The van der Waals surface area contributed by atoms with Crippen molar-refractivity contribution in [3.8, 4) is 0 Å². The van der Waals surface area contributed by atoms with E-state index in [1.54, 1.807) is 0 Å². The van der Waals surface area contributed by atoms with E-state index in [0.29, 0.717) is 11.5 Å². The molecule has 3 heteroatoms. The van der Waals surface area contributed by atoms with Gasteiger partial charge in [0.1, 0.15) is 0 Å². The van der Waals surface area contributed by atoms with Gasteiger partial charge in [0, 0.05) is 11.5 Å². The van der Waals surface area contributed by atoms with Gasteiger partial charge in [0.25, 0.3) is 0 Å². The lowest BCUT2D eigenvalue weighted by molar-refractivity contribution is -0.0276. The predicted octanol–water partition coefficient (Wildman–Crippen LogP) is 0.246. The standard InChI is InChI=1S/C10H18N2O/c11-8-9(1-2-9)7-13-10(8)3-5-12-6-4-10/h8,12H,1-7,11H2. The molecule has 13 heavy (non-hydrogen) atoms. The van der Waals surface area contributed by atoms with Crippen LogP contribution >= 0.6 is 0 Å². The Balaban J connectivity index is 1.83. The van der Waals surface area contributed by atoms with Gasteiger partial charge in [0.15, 0.2) is 0 Å². The minimum absolute atomic E-state index is 0.0434. The molecule has 3 aliphatic rings. The average Bonchev–Trinajstić information content (AvgIpc) is 2.92. The number of piperidine rings is 1. The molecule has 3 fully saturated rings. The van der Waals surface area contributed by atoms with Crippen molar-refractivity contribution in [1.29, 1.82) is 0 Å². The van der Waals surface area contributed by atoms with Gasteiger partial charge in [-0.15, -0.1) is 0 Å². The molecular weight excluding hydrogens is 164 g/mol. The Morgan fingerprint density at radius 2 is 1.85 bits per heavy atom. The third kappa shape index (κ3) is 1.01. The number of rotatable bonds is 0. The normalized spacial score (nSPS) is 39.9. The van der Waals surface area contributed by atoms with Crippen LogP contribution in [0.1, 0.15) is 25.7 Å². The second kappa shape index (κ2) is 2.47. The molecule has 1 unspecified atom stereocenters. The van der Waals surface area contributed by atoms with E-state index >= 15 is 0 Å². The maximum atomic E-state index is 6.33. The first-order valence-electron chi connectivity index (χ1n) is 5.38. The molecule has 0 amide bonds. The van der Waals surface area contributed by atoms with E-state index in [0.717, 1.165) is 32.5 Å². The Labute approximate surface area is 79.0 Å². The first-order valence-corrected chi connectivity index (χ1v) is 5.38. The van der Waals surface area contributed by atoms with Gasteiger partial charge in [-0.1, -0.05) is 0 Å². The van der Waals surface area contributed by atoms with Crippen LogP contribution in [0.15, 0.2) is 0 Å². The molecule has 1 aliphatic carbocycles. The van der Waals surface area contributed by atoms with Gasteiger partial charge in [-0.2, -0.15) is 0 Å². The lowest BCUT2D eigenvalue weighted by Gasteiger charge is -2.37. The lowest BCUT2D eigenvalue weighted by Crippen LogP contribution is -2.53. The fraction of sp³-hybridized carbons (Fsp3) is 1.00. The first-order chi connectivity index (χ1) is 6.28. The van der Waals surface area contributed by atoms with Gasteiger partial charge in [-0.25, -0.2) is 0 Å². The summed E-state index contributed by atoms with van der Waals surface area (Å²) < 4.78 is 6.01. The van der Waals surface area contributed by atoms with Crippen LogP contribution in [-0.4, -0.2) is 31.3 Å². The molecule has 1 atom stereocenters. The molecule has 0 aromatic rings. The minimum atomic E-state index is 0.0434. The minimum Gasteiger partial charge on any atom is -0.373 e. The number of hydrogen-bond donors (Lipinski definition) is 2. The number of nitrogens with one attached hydrogen (secondary N) is 1. The number of ether oxygens (including phenoxy) is 1. The Hall–Kier alpha value is -0.120. The quantitative estimate of drug-likeness (QED) is 0.564. The van der Waals surface area contributed by atoms with Crippen molar-refractivity contribution >= 4 is 0 Å². The summed E-state index contributed by atoms with van der Waals surface area (Å²) in [6.45, 7) is 3.07. The van der Waals surface area contributed by atoms with Crippen LogP contribution < -0.4 is 11.1 Å². The van der Waals surface area contributed by atoms with Gasteiger partial charge in [0.05, 0.1) is 12.2 Å². The van der Waals surface area contributed by atoms with Crippen molar-refractivity contribution in [1.82, 2.24) is 5.32 Å². The molecule has 0 radical (unpaired) electrons. The summed E-state index contributed by atoms with van der Waals surface area (Å²) >= 11 is 0. The van der Waals surface area contributed by atoms with Crippen LogP contribution in [0.4, 0.5) is 0 Å². The molecule has 1 saturated carbocycles. The van der Waals surface area contributed by atoms with Crippen LogP contribution in [0.2, 0.25) is 0 Å². The van der Waals surface area contributed by atoms with E-state index in [1.165, 1.54) is 12.8 Å². The highest BCUT2D eigenvalue weighted by Crippen LogP contribution is 2.57. The third-order valence-corrected chi connectivity index (χ3v) is 4.22. The van der Waals surface area contributed by atoms with Crippen molar-refractivity contribution in [3.05, 3.63) is 0 Å². The molecule has 2 spiro atoms. The fourth-order valence-electron chi connectivity index (χ4n) is 2.95. The van der Waals surface area contributed by atoms with Crippen molar-refractivity contribution in [2.45, 2.75) is 37.3 Å². The fourth-order valence-corrected chi connectivity index (χ4v) is 2.95. The molecule has 0 aromatic carbocycles. The van der Waals surface area contributed by atoms with Crippen LogP contribution in [0.3, 0.4) is 0 Å². The molecule has 3 N–H and O–H groups in total. The highest BCUT2D eigenvalue weighted by molar-refractivity contribution is 5.15. The zero-order valence-corrected chi connectivity index (χ0v) is 8.01. The molecule has 2 heterocycles. The Kier molecular flexibility index (Phi) is 1.56. The summed E-state index contributed by atoms with van der Waals surface area (Å²) in [7, 11) is 0. The maximum Gasteiger partial charge on any atom is 0.0863 e. The summed E-state index contributed by atoms with van der Waals surface area (Å²) in [5, 5.41) is 3.37. The van der Waals surface area contributed by atoms with Gasteiger partial charge in [0.2, 0.25) is 0 Å². The predicted molar refractivity (Wildman–Crippen MR) is 50.4 cm³/mol. The largest absolute Gasteiger partial charge is 0.373 e. The smallest absolute Gasteiger partial charge is 0.0863 e. The van der Waals surface area contributed by atoms with Crippen LogP contribution in [-0.2, 0) is 4.74 Å². The van der Waals surface area contributed by atoms with Crippen LogP contribution in [0.25, 0.3) is 0 Å². The van der Waals surface area contributed by atoms with Crippen molar-refractivity contribution < 1.29 is 4.74 Å². The molecule has 0 aromatic heterocycles. The monoisotopic (exact) mass is 182 g/mol. The first kappa shape index (κ1) is 8.21.